The van der Waals surface area contributed by atoms with Crippen LogP contribution in [0.4, 0.5) is 5.69 Å². The standard InChI is InChI=1S/C17H20ClN3O2S/c1-3-4-5-12-9-15(22)21-17(20-12)24-10-16(23)19-13-7-6-11(2)14(18)8-13/h6-9H,3-5,10H2,1-2H3,(H,19,23)(H,20,21,22). The molecule has 2 rings (SSSR count). The Kier molecular flexibility index (Phi) is 6.87. The molecule has 128 valence electrons. The zero-order valence-corrected chi connectivity index (χ0v) is 15.3. The molecule has 0 atom stereocenters. The number of anilines is 1. The third-order valence-corrected chi connectivity index (χ3v) is 4.64. The molecule has 0 radical (unpaired) electrons. The first kappa shape index (κ1) is 18.5. The van der Waals surface area contributed by atoms with Gasteiger partial charge in [0, 0.05) is 22.5 Å². The molecule has 1 heterocycles. The van der Waals surface area contributed by atoms with E-state index in [4.69, 9.17) is 11.6 Å². The molecule has 2 aromatic rings. The number of H-pyrrole nitrogens is 1. The summed E-state index contributed by atoms with van der Waals surface area (Å²) in [5, 5.41) is 3.85. The van der Waals surface area contributed by atoms with Crippen LogP contribution in [0, 0.1) is 6.92 Å². The second-order valence-electron chi connectivity index (χ2n) is 5.45. The molecule has 0 aliphatic rings. The number of benzene rings is 1. The minimum atomic E-state index is -0.190. The van der Waals surface area contributed by atoms with Crippen LogP contribution >= 0.6 is 23.4 Å². The molecular formula is C17H20ClN3O2S. The largest absolute Gasteiger partial charge is 0.325 e. The number of halogens is 1. The minimum absolute atomic E-state index is 0.158. The Morgan fingerprint density at radius 1 is 1.38 bits per heavy atom. The lowest BCUT2D eigenvalue weighted by atomic mass is 10.2. The van der Waals surface area contributed by atoms with Crippen LogP contribution in [0.1, 0.15) is 31.0 Å². The number of unbranched alkanes of at least 4 members (excludes halogenated alkanes) is 1. The molecule has 0 bridgehead atoms. The maximum atomic E-state index is 12.0. The molecule has 1 aromatic heterocycles. The number of aromatic nitrogens is 2. The number of hydrogen-bond donors (Lipinski definition) is 2. The molecule has 2 N–H and O–H groups in total. The van der Waals surface area contributed by atoms with Gasteiger partial charge in [-0.05, 0) is 37.5 Å². The predicted molar refractivity (Wildman–Crippen MR) is 99.0 cm³/mol. The van der Waals surface area contributed by atoms with Crippen LogP contribution in [0.5, 0.6) is 0 Å². The summed E-state index contributed by atoms with van der Waals surface area (Å²) in [4.78, 5) is 30.7. The lowest BCUT2D eigenvalue weighted by molar-refractivity contribution is -0.113. The number of nitrogens with zero attached hydrogens (tertiary/aromatic N) is 1. The molecule has 0 aliphatic carbocycles. The van der Waals surface area contributed by atoms with Gasteiger partial charge in [-0.2, -0.15) is 0 Å². The van der Waals surface area contributed by atoms with Gasteiger partial charge in [0.2, 0.25) is 5.91 Å². The fourth-order valence-corrected chi connectivity index (χ4v) is 2.91. The molecule has 24 heavy (non-hydrogen) atoms. The molecule has 0 saturated heterocycles. The van der Waals surface area contributed by atoms with E-state index in [9.17, 15) is 9.59 Å². The van der Waals surface area contributed by atoms with Crippen molar-refractivity contribution in [3.8, 4) is 0 Å². The maximum absolute atomic E-state index is 12.0. The SMILES string of the molecule is CCCCc1cc(=O)[nH]c(SCC(=O)Nc2ccc(C)c(Cl)c2)n1. The molecule has 0 saturated carbocycles. The maximum Gasteiger partial charge on any atom is 0.251 e. The number of amides is 1. The summed E-state index contributed by atoms with van der Waals surface area (Å²) >= 11 is 7.25. The first-order chi connectivity index (χ1) is 11.5. The molecule has 1 amide bonds. The molecule has 0 spiro atoms. The monoisotopic (exact) mass is 365 g/mol. The second kappa shape index (κ2) is 8.89. The summed E-state index contributed by atoms with van der Waals surface area (Å²) in [6.45, 7) is 3.99. The van der Waals surface area contributed by atoms with E-state index in [0.29, 0.717) is 15.9 Å². The summed E-state index contributed by atoms with van der Waals surface area (Å²) < 4.78 is 0. The van der Waals surface area contributed by atoms with Crippen molar-refractivity contribution >= 4 is 35.0 Å². The van der Waals surface area contributed by atoms with E-state index >= 15 is 0 Å². The summed E-state index contributed by atoms with van der Waals surface area (Å²) in [6, 6.07) is 6.87. The highest BCUT2D eigenvalue weighted by Crippen LogP contribution is 2.20. The third-order valence-electron chi connectivity index (χ3n) is 3.36. The fourth-order valence-electron chi connectivity index (χ4n) is 2.04. The van der Waals surface area contributed by atoms with Crippen molar-refractivity contribution in [1.29, 1.82) is 0 Å². The van der Waals surface area contributed by atoms with E-state index in [1.165, 1.54) is 17.8 Å². The summed E-state index contributed by atoms with van der Waals surface area (Å²) in [6.07, 6.45) is 2.79. The Labute approximate surface area is 150 Å². The van der Waals surface area contributed by atoms with Crippen LogP contribution in [0.25, 0.3) is 0 Å². The molecule has 0 unspecified atom stereocenters. The molecular weight excluding hydrogens is 346 g/mol. The van der Waals surface area contributed by atoms with Crippen LogP contribution in [0.2, 0.25) is 5.02 Å². The van der Waals surface area contributed by atoms with Crippen LogP contribution in [0.15, 0.2) is 34.2 Å². The number of rotatable bonds is 7. The molecule has 1 aromatic carbocycles. The lowest BCUT2D eigenvalue weighted by Crippen LogP contribution is -2.16. The number of aromatic amines is 1. The Hall–Kier alpha value is -1.79. The summed E-state index contributed by atoms with van der Waals surface area (Å²) in [7, 11) is 0. The Bertz CT molecular complexity index is 777. The normalized spacial score (nSPS) is 10.6. The van der Waals surface area contributed by atoms with Crippen molar-refractivity contribution in [2.75, 3.05) is 11.1 Å². The fraction of sp³-hybridized carbons (Fsp3) is 0.353. The van der Waals surface area contributed by atoms with Gasteiger partial charge in [0.05, 0.1) is 5.75 Å². The van der Waals surface area contributed by atoms with Crippen molar-refractivity contribution in [3.05, 3.63) is 50.9 Å². The first-order valence-corrected chi connectivity index (χ1v) is 9.13. The topological polar surface area (TPSA) is 74.8 Å². The third kappa shape index (κ3) is 5.69. The van der Waals surface area contributed by atoms with Crippen molar-refractivity contribution in [1.82, 2.24) is 9.97 Å². The zero-order chi connectivity index (χ0) is 17.5. The van der Waals surface area contributed by atoms with Gasteiger partial charge in [0.15, 0.2) is 5.16 Å². The average molecular weight is 366 g/mol. The van der Waals surface area contributed by atoms with E-state index in [1.807, 2.05) is 13.0 Å². The van der Waals surface area contributed by atoms with Crippen LogP contribution < -0.4 is 10.9 Å². The van der Waals surface area contributed by atoms with Gasteiger partial charge in [-0.15, -0.1) is 0 Å². The van der Waals surface area contributed by atoms with E-state index in [-0.39, 0.29) is 17.2 Å². The van der Waals surface area contributed by atoms with Gasteiger partial charge >= 0.3 is 0 Å². The van der Waals surface area contributed by atoms with E-state index in [2.05, 4.69) is 22.2 Å². The number of nitrogens with one attached hydrogen (secondary N) is 2. The number of thioether (sulfide) groups is 1. The van der Waals surface area contributed by atoms with Crippen molar-refractivity contribution in [2.24, 2.45) is 0 Å². The first-order valence-electron chi connectivity index (χ1n) is 7.77. The number of carbonyl (C=O) groups is 1. The Morgan fingerprint density at radius 2 is 2.17 bits per heavy atom. The van der Waals surface area contributed by atoms with Crippen LogP contribution in [-0.2, 0) is 11.2 Å². The number of aryl methyl sites for hydroxylation is 2. The van der Waals surface area contributed by atoms with Crippen molar-refractivity contribution in [2.45, 2.75) is 38.3 Å². The van der Waals surface area contributed by atoms with E-state index in [0.717, 1.165) is 30.5 Å². The highest BCUT2D eigenvalue weighted by Gasteiger charge is 2.08. The highest BCUT2D eigenvalue weighted by atomic mass is 35.5. The zero-order valence-electron chi connectivity index (χ0n) is 13.7. The molecule has 0 aliphatic heterocycles. The summed E-state index contributed by atoms with van der Waals surface area (Å²) in [5.74, 6) is -0.0207. The van der Waals surface area contributed by atoms with Crippen molar-refractivity contribution < 1.29 is 4.79 Å². The number of hydrogen-bond acceptors (Lipinski definition) is 4. The number of carbonyl (C=O) groups excluding carboxylic acids is 1. The smallest absolute Gasteiger partial charge is 0.251 e. The minimum Gasteiger partial charge on any atom is -0.325 e. The van der Waals surface area contributed by atoms with E-state index < -0.39 is 0 Å². The van der Waals surface area contributed by atoms with Crippen LogP contribution in [0.3, 0.4) is 0 Å². The van der Waals surface area contributed by atoms with Gasteiger partial charge in [0.25, 0.3) is 5.56 Å². The lowest BCUT2D eigenvalue weighted by Gasteiger charge is -2.07. The van der Waals surface area contributed by atoms with Gasteiger partial charge in [-0.25, -0.2) is 4.98 Å². The van der Waals surface area contributed by atoms with Crippen molar-refractivity contribution in [3.63, 3.8) is 0 Å². The van der Waals surface area contributed by atoms with Gasteiger partial charge in [-0.3, -0.25) is 9.59 Å². The average Bonchev–Trinajstić information content (AvgIpc) is 2.54. The van der Waals surface area contributed by atoms with Crippen LogP contribution in [-0.4, -0.2) is 21.6 Å². The Morgan fingerprint density at radius 3 is 2.88 bits per heavy atom. The Balaban J connectivity index is 1.94. The van der Waals surface area contributed by atoms with Gasteiger partial charge in [0.1, 0.15) is 0 Å². The highest BCUT2D eigenvalue weighted by molar-refractivity contribution is 7.99. The molecule has 7 heteroatoms. The second-order valence-corrected chi connectivity index (χ2v) is 6.82. The van der Waals surface area contributed by atoms with Gasteiger partial charge < -0.3 is 10.3 Å². The van der Waals surface area contributed by atoms with Gasteiger partial charge in [-0.1, -0.05) is 42.8 Å². The van der Waals surface area contributed by atoms with E-state index in [1.54, 1.807) is 12.1 Å². The summed E-state index contributed by atoms with van der Waals surface area (Å²) in [5.41, 5.74) is 2.17. The predicted octanol–water partition coefficient (Wildman–Crippen LogP) is 3.81. The quantitative estimate of drug-likeness (QED) is 0.578. The molecule has 5 nitrogen and oxygen atoms in total. The molecule has 0 fully saturated rings.